The maximum atomic E-state index is 12.8. The van der Waals surface area contributed by atoms with Crippen molar-refractivity contribution in [3.8, 4) is 11.5 Å². The van der Waals surface area contributed by atoms with Gasteiger partial charge in [0.25, 0.3) is 0 Å². The summed E-state index contributed by atoms with van der Waals surface area (Å²) >= 11 is 0. The van der Waals surface area contributed by atoms with Gasteiger partial charge in [0.05, 0.1) is 19.9 Å². The zero-order chi connectivity index (χ0) is 18.1. The van der Waals surface area contributed by atoms with Crippen LogP contribution in [-0.2, 0) is 24.2 Å². The Kier molecular flexibility index (Phi) is 4.29. The van der Waals surface area contributed by atoms with Crippen LogP contribution in [0.5, 0.6) is 11.5 Å². The Morgan fingerprint density at radius 2 is 1.92 bits per heavy atom. The summed E-state index contributed by atoms with van der Waals surface area (Å²) in [7, 11) is 3.15. The quantitative estimate of drug-likeness (QED) is 0.762. The maximum Gasteiger partial charge on any atom is 0.244 e. The van der Waals surface area contributed by atoms with Gasteiger partial charge in [0.1, 0.15) is 6.54 Å². The largest absolute Gasteiger partial charge is 0.493 e. The number of benzene rings is 2. The molecule has 4 rings (SSSR count). The molecule has 1 N–H and O–H groups in total. The molecule has 134 valence electrons. The van der Waals surface area contributed by atoms with Crippen LogP contribution in [0.2, 0.25) is 0 Å². The van der Waals surface area contributed by atoms with Gasteiger partial charge in [-0.15, -0.1) is 0 Å². The summed E-state index contributed by atoms with van der Waals surface area (Å²) < 4.78 is 12.9. The number of hydrogen-bond acceptors (Lipinski definition) is 3. The van der Waals surface area contributed by atoms with Crippen molar-refractivity contribution in [3.63, 3.8) is 0 Å². The Morgan fingerprint density at radius 3 is 2.73 bits per heavy atom. The molecule has 0 unspecified atom stereocenters. The van der Waals surface area contributed by atoms with E-state index in [1.807, 2.05) is 18.2 Å². The van der Waals surface area contributed by atoms with E-state index >= 15 is 0 Å². The third-order valence-corrected chi connectivity index (χ3v) is 5.01. The predicted octanol–water partition coefficient (Wildman–Crippen LogP) is 3.79. The molecule has 0 spiro atoms. The number of carbonyl (C=O) groups is 1. The fraction of sp³-hybridized carbons (Fsp3) is 0.286. The first-order valence-electron chi connectivity index (χ1n) is 8.82. The average molecular weight is 350 g/mol. The van der Waals surface area contributed by atoms with E-state index < -0.39 is 0 Å². The highest BCUT2D eigenvalue weighted by molar-refractivity contribution is 5.95. The summed E-state index contributed by atoms with van der Waals surface area (Å²) in [5, 5.41) is 4.24. The van der Waals surface area contributed by atoms with E-state index in [9.17, 15) is 4.79 Å². The second-order valence-electron chi connectivity index (χ2n) is 6.47. The normalized spacial score (nSPS) is 12.8. The topological polar surface area (TPSA) is 52.5 Å². The molecular formula is C21H22N2O3. The van der Waals surface area contributed by atoms with Gasteiger partial charge in [-0.25, -0.2) is 0 Å². The number of nitrogens with zero attached hydrogens (tertiary/aromatic N) is 1. The number of amides is 1. The Morgan fingerprint density at radius 1 is 1.08 bits per heavy atom. The van der Waals surface area contributed by atoms with E-state index in [4.69, 9.17) is 9.47 Å². The van der Waals surface area contributed by atoms with Gasteiger partial charge in [-0.3, -0.25) is 4.79 Å². The van der Waals surface area contributed by atoms with Crippen LogP contribution in [-0.4, -0.2) is 24.7 Å². The molecule has 0 radical (unpaired) electrons. The molecular weight excluding hydrogens is 328 g/mol. The van der Waals surface area contributed by atoms with E-state index in [0.717, 1.165) is 24.8 Å². The molecule has 0 aliphatic heterocycles. The van der Waals surface area contributed by atoms with Gasteiger partial charge in [-0.05, 0) is 43.0 Å². The van der Waals surface area contributed by atoms with Crippen LogP contribution in [0.3, 0.4) is 0 Å². The lowest BCUT2D eigenvalue weighted by Crippen LogP contribution is -2.20. The van der Waals surface area contributed by atoms with Crippen LogP contribution < -0.4 is 14.8 Å². The minimum Gasteiger partial charge on any atom is -0.493 e. The van der Waals surface area contributed by atoms with Crippen molar-refractivity contribution in [1.29, 1.82) is 0 Å². The molecule has 1 amide bonds. The van der Waals surface area contributed by atoms with Gasteiger partial charge in [-0.2, -0.15) is 0 Å². The van der Waals surface area contributed by atoms with E-state index in [1.54, 1.807) is 20.3 Å². The zero-order valence-corrected chi connectivity index (χ0v) is 15.0. The van der Waals surface area contributed by atoms with Crippen molar-refractivity contribution in [2.45, 2.75) is 25.8 Å². The van der Waals surface area contributed by atoms with Gasteiger partial charge < -0.3 is 19.4 Å². The van der Waals surface area contributed by atoms with Crippen LogP contribution in [0, 0.1) is 0 Å². The number of fused-ring (bicyclic) bond motifs is 3. The molecule has 1 heterocycles. The SMILES string of the molecule is COc1cccc(NC(=O)Cn2c3c(c4ccccc42)CCC3)c1OC. The number of rotatable bonds is 5. The molecule has 0 saturated carbocycles. The number of hydrogen-bond donors (Lipinski definition) is 1. The molecule has 0 atom stereocenters. The number of anilines is 1. The fourth-order valence-corrected chi connectivity index (χ4v) is 3.92. The highest BCUT2D eigenvalue weighted by Crippen LogP contribution is 2.35. The van der Waals surface area contributed by atoms with Crippen molar-refractivity contribution in [1.82, 2.24) is 4.57 Å². The lowest BCUT2D eigenvalue weighted by Gasteiger charge is -2.14. The molecule has 0 saturated heterocycles. The van der Waals surface area contributed by atoms with Gasteiger partial charge in [0.2, 0.25) is 5.91 Å². The van der Waals surface area contributed by atoms with E-state index in [0.29, 0.717) is 17.2 Å². The summed E-state index contributed by atoms with van der Waals surface area (Å²) in [6, 6.07) is 13.8. The second-order valence-corrected chi connectivity index (χ2v) is 6.47. The van der Waals surface area contributed by atoms with Gasteiger partial charge in [0, 0.05) is 16.6 Å². The highest BCUT2D eigenvalue weighted by Gasteiger charge is 2.22. The van der Waals surface area contributed by atoms with Crippen molar-refractivity contribution in [2.24, 2.45) is 0 Å². The Hall–Kier alpha value is -2.95. The van der Waals surface area contributed by atoms with Crippen molar-refractivity contribution in [2.75, 3.05) is 19.5 Å². The maximum absolute atomic E-state index is 12.8. The third kappa shape index (κ3) is 2.69. The van der Waals surface area contributed by atoms with Crippen LogP contribution in [0.25, 0.3) is 10.9 Å². The number of nitrogens with one attached hydrogen (secondary N) is 1. The van der Waals surface area contributed by atoms with Crippen LogP contribution in [0.1, 0.15) is 17.7 Å². The molecule has 1 aromatic heterocycles. The summed E-state index contributed by atoms with van der Waals surface area (Å²) in [6.07, 6.45) is 3.27. The summed E-state index contributed by atoms with van der Waals surface area (Å²) in [6.45, 7) is 0.288. The summed E-state index contributed by atoms with van der Waals surface area (Å²) in [4.78, 5) is 12.8. The van der Waals surface area contributed by atoms with Gasteiger partial charge in [0.15, 0.2) is 11.5 Å². The average Bonchev–Trinajstić information content (AvgIpc) is 3.24. The first-order chi connectivity index (χ1) is 12.7. The Bertz CT molecular complexity index is 975. The molecule has 5 nitrogen and oxygen atoms in total. The van der Waals surface area contributed by atoms with E-state index in [1.165, 1.54) is 16.6 Å². The number of ether oxygens (including phenoxy) is 2. The Balaban J connectivity index is 1.64. The monoisotopic (exact) mass is 350 g/mol. The van der Waals surface area contributed by atoms with Crippen LogP contribution >= 0.6 is 0 Å². The van der Waals surface area contributed by atoms with Crippen molar-refractivity contribution in [3.05, 3.63) is 53.7 Å². The minimum atomic E-state index is -0.0768. The summed E-state index contributed by atoms with van der Waals surface area (Å²) in [5.41, 5.74) is 4.43. The van der Waals surface area contributed by atoms with E-state index in [-0.39, 0.29) is 12.5 Å². The number of aryl methyl sites for hydroxylation is 1. The van der Waals surface area contributed by atoms with Gasteiger partial charge >= 0.3 is 0 Å². The predicted molar refractivity (Wildman–Crippen MR) is 102 cm³/mol. The third-order valence-electron chi connectivity index (χ3n) is 5.01. The lowest BCUT2D eigenvalue weighted by molar-refractivity contribution is -0.116. The van der Waals surface area contributed by atoms with Crippen LogP contribution in [0.15, 0.2) is 42.5 Å². The molecule has 1 aliphatic rings. The lowest BCUT2D eigenvalue weighted by atomic mass is 10.1. The molecule has 26 heavy (non-hydrogen) atoms. The number of aromatic nitrogens is 1. The highest BCUT2D eigenvalue weighted by atomic mass is 16.5. The van der Waals surface area contributed by atoms with Gasteiger partial charge in [-0.1, -0.05) is 24.3 Å². The first kappa shape index (κ1) is 16.5. The van der Waals surface area contributed by atoms with E-state index in [2.05, 4.69) is 28.1 Å². The zero-order valence-electron chi connectivity index (χ0n) is 15.0. The standard InChI is InChI=1S/C21H22N2O3/c1-25-19-12-6-9-16(21(19)26-2)22-20(24)13-23-17-10-4-3-7-14(17)15-8-5-11-18(15)23/h3-4,6-7,9-10,12H,5,8,11,13H2,1-2H3,(H,22,24). The number of methoxy groups -OCH3 is 2. The first-order valence-corrected chi connectivity index (χ1v) is 8.82. The summed E-state index contributed by atoms with van der Waals surface area (Å²) in [5.74, 6) is 1.05. The smallest absolute Gasteiger partial charge is 0.244 e. The number of carbonyl (C=O) groups excluding carboxylic acids is 1. The molecule has 0 fully saturated rings. The fourth-order valence-electron chi connectivity index (χ4n) is 3.92. The minimum absolute atomic E-state index is 0.0768. The number of para-hydroxylation sites is 2. The molecule has 1 aliphatic carbocycles. The second kappa shape index (κ2) is 6.75. The van der Waals surface area contributed by atoms with Crippen LogP contribution in [0.4, 0.5) is 5.69 Å². The molecule has 3 aromatic rings. The molecule has 5 heteroatoms. The Labute approximate surface area is 152 Å². The van der Waals surface area contributed by atoms with Crippen molar-refractivity contribution < 1.29 is 14.3 Å². The molecule has 2 aromatic carbocycles. The molecule has 0 bridgehead atoms. The van der Waals surface area contributed by atoms with Crippen molar-refractivity contribution >= 4 is 22.5 Å².